The van der Waals surface area contributed by atoms with Crippen LogP contribution in [0.1, 0.15) is 32.9 Å². The van der Waals surface area contributed by atoms with E-state index in [1.165, 1.54) is 11.3 Å². The van der Waals surface area contributed by atoms with Crippen molar-refractivity contribution in [2.45, 2.75) is 18.9 Å². The topological polar surface area (TPSA) is 75.7 Å². The number of rotatable bonds is 4. The third-order valence-electron chi connectivity index (χ3n) is 4.49. The molecule has 4 rings (SSSR count). The summed E-state index contributed by atoms with van der Waals surface area (Å²) in [6, 6.07) is 8.46. The number of carbonyl (C=O) groups is 3. The molecule has 1 aromatic carbocycles. The number of hydrogen-bond donors (Lipinski definition) is 1. The van der Waals surface area contributed by atoms with Crippen LogP contribution in [0.5, 0.6) is 0 Å². The zero-order valence-electron chi connectivity index (χ0n) is 13.4. The van der Waals surface area contributed by atoms with Gasteiger partial charge in [-0.2, -0.15) is 0 Å². The van der Waals surface area contributed by atoms with Crippen LogP contribution < -0.4 is 10.2 Å². The maximum absolute atomic E-state index is 12.2. The standard InChI is InChI=1S/C18H16N2O4S/c21-15(16-4-2-8-25-16)10-24-18(23)11-5-6-13-12(9-11)19-17(22)14-3-1-7-20(13)14/h2,4-6,8-9,14H,1,3,7,10H2,(H,19,22)/t14-/m1/s1. The molecule has 6 nitrogen and oxygen atoms in total. The number of anilines is 2. The minimum absolute atomic E-state index is 0.0385. The van der Waals surface area contributed by atoms with Crippen LogP contribution in [0.3, 0.4) is 0 Å². The number of carbonyl (C=O) groups excluding carboxylic acids is 3. The van der Waals surface area contributed by atoms with E-state index < -0.39 is 5.97 Å². The maximum atomic E-state index is 12.2. The van der Waals surface area contributed by atoms with Gasteiger partial charge < -0.3 is 15.0 Å². The first-order valence-corrected chi connectivity index (χ1v) is 8.97. The van der Waals surface area contributed by atoms with E-state index >= 15 is 0 Å². The number of hydrogen-bond acceptors (Lipinski definition) is 6. The fraction of sp³-hybridized carbons (Fsp3) is 0.278. The number of ketones is 1. The highest BCUT2D eigenvalue weighted by Gasteiger charge is 2.36. The summed E-state index contributed by atoms with van der Waals surface area (Å²) in [6.45, 7) is 0.543. The Balaban J connectivity index is 1.48. The molecular weight excluding hydrogens is 340 g/mol. The molecule has 0 spiro atoms. The van der Waals surface area contributed by atoms with Crippen LogP contribution in [0.15, 0.2) is 35.7 Å². The van der Waals surface area contributed by atoms with Gasteiger partial charge in [0.15, 0.2) is 6.61 Å². The van der Waals surface area contributed by atoms with E-state index in [0.717, 1.165) is 25.1 Å². The van der Waals surface area contributed by atoms with Crippen LogP contribution in [-0.2, 0) is 9.53 Å². The van der Waals surface area contributed by atoms with Gasteiger partial charge in [-0.25, -0.2) is 4.79 Å². The number of fused-ring (bicyclic) bond motifs is 3. The average molecular weight is 356 g/mol. The second-order valence-electron chi connectivity index (χ2n) is 6.05. The molecule has 2 aromatic rings. The molecule has 1 aromatic heterocycles. The van der Waals surface area contributed by atoms with Crippen LogP contribution in [-0.4, -0.2) is 36.9 Å². The van der Waals surface area contributed by atoms with Gasteiger partial charge in [0, 0.05) is 6.54 Å². The van der Waals surface area contributed by atoms with E-state index in [1.54, 1.807) is 29.6 Å². The molecule has 25 heavy (non-hydrogen) atoms. The lowest BCUT2D eigenvalue weighted by Gasteiger charge is -2.33. The first-order valence-electron chi connectivity index (χ1n) is 8.09. The number of benzene rings is 1. The number of esters is 1. The molecule has 1 N–H and O–H groups in total. The number of nitrogens with one attached hydrogen (secondary N) is 1. The van der Waals surface area contributed by atoms with E-state index in [-0.39, 0.29) is 24.3 Å². The lowest BCUT2D eigenvalue weighted by Crippen LogP contribution is -2.43. The van der Waals surface area contributed by atoms with Gasteiger partial charge >= 0.3 is 5.97 Å². The van der Waals surface area contributed by atoms with Gasteiger partial charge in [0.25, 0.3) is 0 Å². The molecule has 2 aliphatic heterocycles. The van der Waals surface area contributed by atoms with Gasteiger partial charge in [0.1, 0.15) is 6.04 Å². The maximum Gasteiger partial charge on any atom is 0.338 e. The van der Waals surface area contributed by atoms with Crippen molar-refractivity contribution in [2.75, 3.05) is 23.4 Å². The van der Waals surface area contributed by atoms with Crippen LogP contribution in [0, 0.1) is 0 Å². The Bertz CT molecular complexity index is 847. The largest absolute Gasteiger partial charge is 0.454 e. The Kier molecular flexibility index (Phi) is 4.01. The second-order valence-corrected chi connectivity index (χ2v) is 7.00. The minimum Gasteiger partial charge on any atom is -0.454 e. The number of amides is 1. The van der Waals surface area contributed by atoms with E-state index in [2.05, 4.69) is 10.2 Å². The van der Waals surface area contributed by atoms with Crippen LogP contribution >= 0.6 is 11.3 Å². The van der Waals surface area contributed by atoms with E-state index in [4.69, 9.17) is 4.74 Å². The first kappa shape index (κ1) is 15.8. The summed E-state index contributed by atoms with van der Waals surface area (Å²) < 4.78 is 5.11. The van der Waals surface area contributed by atoms with E-state index in [9.17, 15) is 14.4 Å². The summed E-state index contributed by atoms with van der Waals surface area (Å²) in [5, 5.41) is 4.66. The zero-order valence-corrected chi connectivity index (χ0v) is 14.2. The summed E-state index contributed by atoms with van der Waals surface area (Å²) in [7, 11) is 0. The number of ether oxygens (including phenoxy) is 1. The van der Waals surface area contributed by atoms with Crippen LogP contribution in [0.4, 0.5) is 11.4 Å². The van der Waals surface area contributed by atoms with Crippen molar-refractivity contribution in [1.82, 2.24) is 0 Å². The molecule has 1 amide bonds. The summed E-state index contributed by atoms with van der Waals surface area (Å²) in [5.41, 5.74) is 1.85. The van der Waals surface area contributed by atoms with Crippen molar-refractivity contribution in [3.63, 3.8) is 0 Å². The second kappa shape index (κ2) is 6.33. The van der Waals surface area contributed by atoms with Gasteiger partial charge in [-0.3, -0.25) is 9.59 Å². The molecule has 7 heteroatoms. The van der Waals surface area contributed by atoms with Gasteiger partial charge in [-0.05, 0) is 42.5 Å². The SMILES string of the molecule is O=C(OCC(=O)c1cccs1)c1ccc2c(c1)NC(=O)[C@H]1CCCN21. The average Bonchev–Trinajstić information content (AvgIpc) is 3.30. The molecule has 1 saturated heterocycles. The van der Waals surface area contributed by atoms with Crippen LogP contribution in [0.25, 0.3) is 0 Å². The zero-order chi connectivity index (χ0) is 17.4. The highest BCUT2D eigenvalue weighted by molar-refractivity contribution is 7.12. The van der Waals surface area contributed by atoms with E-state index in [0.29, 0.717) is 16.1 Å². The molecular formula is C18H16N2O4S. The third-order valence-corrected chi connectivity index (χ3v) is 5.40. The predicted octanol–water partition coefficient (Wildman–Crippen LogP) is 2.71. The molecule has 3 heterocycles. The highest BCUT2D eigenvalue weighted by atomic mass is 32.1. The summed E-state index contributed by atoms with van der Waals surface area (Å²) in [5.74, 6) is -0.844. The smallest absolute Gasteiger partial charge is 0.338 e. The quantitative estimate of drug-likeness (QED) is 0.673. The molecule has 1 atom stereocenters. The Morgan fingerprint density at radius 1 is 1.32 bits per heavy atom. The molecule has 2 aliphatic rings. The molecule has 0 saturated carbocycles. The van der Waals surface area contributed by atoms with Crippen molar-refractivity contribution in [3.05, 3.63) is 46.2 Å². The molecule has 0 radical (unpaired) electrons. The van der Waals surface area contributed by atoms with Gasteiger partial charge in [-0.15, -0.1) is 11.3 Å². The summed E-state index contributed by atoms with van der Waals surface area (Å²) in [4.78, 5) is 38.9. The number of thiophene rings is 1. The number of nitrogens with zero attached hydrogens (tertiary/aromatic N) is 1. The number of Topliss-reactive ketones (excluding diaryl/α,β-unsaturated/α-hetero) is 1. The van der Waals surface area contributed by atoms with Crippen molar-refractivity contribution >= 4 is 40.4 Å². The molecule has 1 fully saturated rings. The van der Waals surface area contributed by atoms with Crippen molar-refractivity contribution in [1.29, 1.82) is 0 Å². The highest BCUT2D eigenvalue weighted by Crippen LogP contribution is 2.37. The molecule has 0 bridgehead atoms. The van der Waals surface area contributed by atoms with Gasteiger partial charge in [0.2, 0.25) is 11.7 Å². The van der Waals surface area contributed by atoms with Crippen molar-refractivity contribution in [3.8, 4) is 0 Å². The minimum atomic E-state index is -0.578. The Labute approximate surface area is 148 Å². The monoisotopic (exact) mass is 356 g/mol. The Hall–Kier alpha value is -2.67. The summed E-state index contributed by atoms with van der Waals surface area (Å²) >= 11 is 1.31. The first-order chi connectivity index (χ1) is 12.1. The van der Waals surface area contributed by atoms with Gasteiger partial charge in [-0.1, -0.05) is 6.07 Å². The van der Waals surface area contributed by atoms with Crippen LogP contribution in [0.2, 0.25) is 0 Å². The lowest BCUT2D eigenvalue weighted by molar-refractivity contribution is -0.117. The third kappa shape index (κ3) is 2.91. The molecule has 0 unspecified atom stereocenters. The lowest BCUT2D eigenvalue weighted by atomic mass is 10.1. The van der Waals surface area contributed by atoms with E-state index in [1.807, 2.05) is 6.07 Å². The van der Waals surface area contributed by atoms with Crippen molar-refractivity contribution in [2.24, 2.45) is 0 Å². The fourth-order valence-electron chi connectivity index (χ4n) is 3.28. The molecule has 0 aliphatic carbocycles. The normalized spacial score (nSPS) is 18.3. The summed E-state index contributed by atoms with van der Waals surface area (Å²) in [6.07, 6.45) is 1.83. The Morgan fingerprint density at radius 3 is 3.00 bits per heavy atom. The van der Waals surface area contributed by atoms with Gasteiger partial charge in [0.05, 0.1) is 21.8 Å². The Morgan fingerprint density at radius 2 is 2.20 bits per heavy atom. The predicted molar refractivity (Wildman–Crippen MR) is 94.4 cm³/mol. The molecule has 128 valence electrons. The van der Waals surface area contributed by atoms with Crippen molar-refractivity contribution < 1.29 is 19.1 Å². The fourth-order valence-corrected chi connectivity index (χ4v) is 3.93.